The van der Waals surface area contributed by atoms with Crippen molar-refractivity contribution in [2.24, 2.45) is 0 Å². The Morgan fingerprint density at radius 3 is 2.39 bits per heavy atom. The molecule has 1 fully saturated rings. The molecule has 1 unspecified atom stereocenters. The first-order valence-corrected chi connectivity index (χ1v) is 11.4. The number of hydrogen-bond acceptors (Lipinski definition) is 7. The highest BCUT2D eigenvalue weighted by Gasteiger charge is 2.30. The van der Waals surface area contributed by atoms with Gasteiger partial charge in [0.05, 0.1) is 25.3 Å². The Labute approximate surface area is 195 Å². The molecule has 1 aliphatic heterocycles. The number of morpholine rings is 1. The molecule has 1 aliphatic rings. The van der Waals surface area contributed by atoms with Gasteiger partial charge in [-0.3, -0.25) is 19.7 Å². The van der Waals surface area contributed by atoms with Crippen molar-refractivity contribution in [3.63, 3.8) is 0 Å². The summed E-state index contributed by atoms with van der Waals surface area (Å²) in [5.41, 5.74) is 1.58. The first kappa shape index (κ1) is 22.6. The number of rotatable bonds is 7. The maximum Gasteiger partial charge on any atom is 0.313 e. The number of benzene rings is 2. The maximum atomic E-state index is 13.1. The van der Waals surface area contributed by atoms with Crippen LogP contribution in [0.25, 0.3) is 0 Å². The minimum absolute atomic E-state index is 0.114. The lowest BCUT2D eigenvalue weighted by molar-refractivity contribution is -0.162. The number of nitrogens with one attached hydrogen (secondary N) is 1. The molecule has 0 aliphatic carbocycles. The van der Waals surface area contributed by atoms with Gasteiger partial charge in [0.2, 0.25) is 6.10 Å². The van der Waals surface area contributed by atoms with Crippen LogP contribution in [0.1, 0.15) is 27.7 Å². The fourth-order valence-corrected chi connectivity index (χ4v) is 4.07. The number of carbonyl (C=O) groups is 3. The topological polar surface area (TPSA) is 97.8 Å². The fourth-order valence-electron chi connectivity index (χ4n) is 3.36. The Morgan fingerprint density at radius 2 is 1.70 bits per heavy atom. The van der Waals surface area contributed by atoms with Crippen molar-refractivity contribution >= 4 is 34.3 Å². The van der Waals surface area contributed by atoms with Crippen molar-refractivity contribution in [3.8, 4) is 0 Å². The molecular formula is C24H23N3O5S. The summed E-state index contributed by atoms with van der Waals surface area (Å²) in [6, 6.07) is 17.7. The number of esters is 1. The predicted octanol–water partition coefficient (Wildman–Crippen LogP) is 3.08. The summed E-state index contributed by atoms with van der Waals surface area (Å²) in [5.74, 6) is -1.12. The highest BCUT2D eigenvalue weighted by Crippen LogP contribution is 2.23. The normalized spacial score (nSPS) is 14.4. The third-order valence-corrected chi connectivity index (χ3v) is 5.84. The summed E-state index contributed by atoms with van der Waals surface area (Å²) in [6.07, 6.45) is -1.15. The van der Waals surface area contributed by atoms with Gasteiger partial charge in [0, 0.05) is 29.6 Å². The van der Waals surface area contributed by atoms with Crippen LogP contribution in [0.3, 0.4) is 0 Å². The lowest BCUT2D eigenvalue weighted by Crippen LogP contribution is -2.44. The van der Waals surface area contributed by atoms with Crippen LogP contribution >= 0.6 is 11.3 Å². The van der Waals surface area contributed by atoms with Gasteiger partial charge in [0.15, 0.2) is 5.13 Å². The molecule has 3 aromatic rings. The summed E-state index contributed by atoms with van der Waals surface area (Å²) < 4.78 is 10.9. The molecule has 9 heteroatoms. The Balaban J connectivity index is 1.40. The zero-order valence-electron chi connectivity index (χ0n) is 17.8. The second kappa shape index (κ2) is 10.8. The van der Waals surface area contributed by atoms with E-state index in [0.717, 1.165) is 0 Å². The molecule has 1 N–H and O–H groups in total. The minimum atomic E-state index is -1.03. The third kappa shape index (κ3) is 6.03. The van der Waals surface area contributed by atoms with Crippen LogP contribution in [-0.2, 0) is 25.5 Å². The SMILES string of the molecule is O=C(Cc1csc(NC(=O)c2ccccc2)n1)OC(C(=O)N1CCOCC1)c1ccccc1. The number of aromatic nitrogens is 1. The van der Waals surface area contributed by atoms with Gasteiger partial charge in [0.1, 0.15) is 0 Å². The second-order valence-electron chi connectivity index (χ2n) is 7.36. The van der Waals surface area contributed by atoms with Gasteiger partial charge in [-0.05, 0) is 12.1 Å². The molecule has 4 rings (SSSR count). The van der Waals surface area contributed by atoms with Crippen LogP contribution in [-0.4, -0.2) is 54.0 Å². The highest BCUT2D eigenvalue weighted by atomic mass is 32.1. The maximum absolute atomic E-state index is 13.1. The van der Waals surface area contributed by atoms with Gasteiger partial charge in [0.25, 0.3) is 11.8 Å². The number of nitrogens with zero attached hydrogens (tertiary/aromatic N) is 2. The number of hydrogen-bond donors (Lipinski definition) is 1. The minimum Gasteiger partial charge on any atom is -0.447 e. The molecule has 0 spiro atoms. The molecule has 1 saturated heterocycles. The number of carbonyl (C=O) groups excluding carboxylic acids is 3. The van der Waals surface area contributed by atoms with Crippen molar-refractivity contribution in [1.82, 2.24) is 9.88 Å². The zero-order chi connectivity index (χ0) is 23.0. The Bertz CT molecular complexity index is 1100. The Kier molecular flexibility index (Phi) is 7.43. The van der Waals surface area contributed by atoms with Crippen LogP contribution in [0.15, 0.2) is 66.0 Å². The largest absolute Gasteiger partial charge is 0.447 e. The number of thiazole rings is 1. The summed E-state index contributed by atoms with van der Waals surface area (Å²) in [4.78, 5) is 44.0. The summed E-state index contributed by atoms with van der Waals surface area (Å²) in [6.45, 7) is 1.82. The van der Waals surface area contributed by atoms with Crippen molar-refractivity contribution in [2.75, 3.05) is 31.6 Å². The van der Waals surface area contributed by atoms with Gasteiger partial charge in [-0.1, -0.05) is 48.5 Å². The van der Waals surface area contributed by atoms with Gasteiger partial charge < -0.3 is 14.4 Å². The van der Waals surface area contributed by atoms with E-state index in [1.165, 1.54) is 11.3 Å². The molecule has 0 saturated carbocycles. The fraction of sp³-hybridized carbons (Fsp3) is 0.250. The molecule has 170 valence electrons. The van der Waals surface area contributed by atoms with Crippen molar-refractivity contribution < 1.29 is 23.9 Å². The summed E-state index contributed by atoms with van der Waals surface area (Å²) in [5, 5.41) is 4.79. The second-order valence-corrected chi connectivity index (χ2v) is 8.22. The third-order valence-electron chi connectivity index (χ3n) is 5.03. The van der Waals surface area contributed by atoms with E-state index in [9.17, 15) is 14.4 Å². The van der Waals surface area contributed by atoms with Gasteiger partial charge >= 0.3 is 5.97 Å². The molecule has 8 nitrogen and oxygen atoms in total. The van der Waals surface area contributed by atoms with E-state index in [1.54, 1.807) is 58.8 Å². The van der Waals surface area contributed by atoms with Crippen LogP contribution < -0.4 is 5.32 Å². The Hall–Kier alpha value is -3.56. The predicted molar refractivity (Wildman–Crippen MR) is 123 cm³/mol. The monoisotopic (exact) mass is 465 g/mol. The lowest BCUT2D eigenvalue weighted by Gasteiger charge is -2.30. The van der Waals surface area contributed by atoms with Crippen LogP contribution in [0.2, 0.25) is 0 Å². The molecular weight excluding hydrogens is 442 g/mol. The lowest BCUT2D eigenvalue weighted by atomic mass is 10.1. The molecule has 0 bridgehead atoms. The molecule has 1 atom stereocenters. The van der Waals surface area contributed by atoms with Crippen molar-refractivity contribution in [1.29, 1.82) is 0 Å². The van der Waals surface area contributed by atoms with Gasteiger partial charge in [-0.2, -0.15) is 0 Å². The molecule has 33 heavy (non-hydrogen) atoms. The highest BCUT2D eigenvalue weighted by molar-refractivity contribution is 7.14. The van der Waals surface area contributed by atoms with Gasteiger partial charge in [-0.25, -0.2) is 4.98 Å². The molecule has 2 amide bonds. The van der Waals surface area contributed by atoms with E-state index >= 15 is 0 Å². The molecule has 0 radical (unpaired) electrons. The smallest absolute Gasteiger partial charge is 0.313 e. The molecule has 2 aromatic carbocycles. The Morgan fingerprint density at radius 1 is 1.03 bits per heavy atom. The van der Waals surface area contributed by atoms with Crippen molar-refractivity contribution in [2.45, 2.75) is 12.5 Å². The van der Waals surface area contributed by atoms with E-state index in [2.05, 4.69) is 10.3 Å². The van der Waals surface area contributed by atoms with Crippen LogP contribution in [0.4, 0.5) is 5.13 Å². The van der Waals surface area contributed by atoms with E-state index in [4.69, 9.17) is 9.47 Å². The van der Waals surface area contributed by atoms with Crippen molar-refractivity contribution in [3.05, 3.63) is 82.9 Å². The zero-order valence-corrected chi connectivity index (χ0v) is 18.6. The van der Waals surface area contributed by atoms with E-state index in [0.29, 0.717) is 48.3 Å². The van der Waals surface area contributed by atoms with E-state index in [1.807, 2.05) is 12.1 Å². The summed E-state index contributed by atoms with van der Waals surface area (Å²) in [7, 11) is 0. The average molecular weight is 466 g/mol. The molecule has 2 heterocycles. The number of amides is 2. The quantitative estimate of drug-likeness (QED) is 0.539. The van der Waals surface area contributed by atoms with Crippen LogP contribution in [0, 0.1) is 0 Å². The molecule has 1 aromatic heterocycles. The van der Waals surface area contributed by atoms with E-state index < -0.39 is 12.1 Å². The van der Waals surface area contributed by atoms with E-state index in [-0.39, 0.29) is 18.2 Å². The summed E-state index contributed by atoms with van der Waals surface area (Å²) >= 11 is 1.22. The average Bonchev–Trinajstić information content (AvgIpc) is 3.30. The van der Waals surface area contributed by atoms with Crippen LogP contribution in [0.5, 0.6) is 0 Å². The first-order chi connectivity index (χ1) is 16.1. The van der Waals surface area contributed by atoms with Gasteiger partial charge in [-0.15, -0.1) is 11.3 Å². The number of anilines is 1. The first-order valence-electron chi connectivity index (χ1n) is 10.5. The number of ether oxygens (including phenoxy) is 2. The standard InChI is InChI=1S/C24H23N3O5S/c28-20(15-19-16-33-24(25-19)26-22(29)18-9-5-2-6-10-18)32-21(17-7-3-1-4-8-17)23(30)27-11-13-31-14-12-27/h1-10,16,21H,11-15H2,(H,25,26,29).